The van der Waals surface area contributed by atoms with Gasteiger partial charge in [-0.15, -0.1) is 11.3 Å². The predicted molar refractivity (Wildman–Crippen MR) is 86.9 cm³/mol. The van der Waals surface area contributed by atoms with Crippen molar-refractivity contribution in [2.24, 2.45) is 0 Å². The summed E-state index contributed by atoms with van der Waals surface area (Å²) >= 11 is 1.89. The van der Waals surface area contributed by atoms with Crippen molar-refractivity contribution in [2.75, 3.05) is 0 Å². The Morgan fingerprint density at radius 2 is 2.40 bits per heavy atom. The number of hydrogen-bond donors (Lipinski definition) is 1. The summed E-state index contributed by atoms with van der Waals surface area (Å²) in [7, 11) is 5.35. The summed E-state index contributed by atoms with van der Waals surface area (Å²) in [5.74, 6) is 0. The molecule has 4 heteroatoms. The molecule has 2 heterocycles. The van der Waals surface area contributed by atoms with E-state index in [0.717, 1.165) is 31.4 Å². The zero-order valence-corrected chi connectivity index (χ0v) is 12.9. The minimum Gasteiger partial charge on any atom is -0.399 e. The van der Waals surface area contributed by atoms with Crippen LogP contribution in [0.15, 0.2) is 36.7 Å². The monoisotopic (exact) mass is 287 g/mol. The topological polar surface area (TPSA) is 23.5 Å². The Morgan fingerprint density at radius 3 is 3.05 bits per heavy atom. The third kappa shape index (κ3) is 4.25. The van der Waals surface area contributed by atoms with Crippen molar-refractivity contribution in [1.29, 1.82) is 0 Å². The average molecular weight is 287 g/mol. The standard InChI is InChI=1S/C16H22BNOS/c1-12-6-8-14(18(12)11-10-16(17)19)4-3-5-15-9-7-13(2)20-15/h7,9-11,14,16,19H,1,3-6,8H2,2H3/b11-10+. The molecule has 1 fully saturated rings. The van der Waals surface area contributed by atoms with Gasteiger partial charge >= 0.3 is 0 Å². The van der Waals surface area contributed by atoms with Gasteiger partial charge in [0.2, 0.25) is 0 Å². The summed E-state index contributed by atoms with van der Waals surface area (Å²) in [6, 6.07) is 4.03. The van der Waals surface area contributed by atoms with Gasteiger partial charge in [0.25, 0.3) is 0 Å². The van der Waals surface area contributed by atoms with Crippen LogP contribution < -0.4 is 0 Å². The van der Waals surface area contributed by atoms with E-state index >= 15 is 0 Å². The second kappa shape index (κ2) is 7.14. The summed E-state index contributed by atoms with van der Waals surface area (Å²) in [4.78, 5) is 5.03. The van der Waals surface area contributed by atoms with Crippen LogP contribution >= 0.6 is 11.3 Å². The molecule has 2 rings (SSSR count). The number of thiophene rings is 1. The van der Waals surface area contributed by atoms with E-state index in [9.17, 15) is 0 Å². The Morgan fingerprint density at radius 1 is 1.60 bits per heavy atom. The molecule has 0 saturated carbocycles. The van der Waals surface area contributed by atoms with Crippen LogP contribution in [0.2, 0.25) is 0 Å². The number of aliphatic hydroxyl groups excluding tert-OH is 1. The molecule has 1 aromatic heterocycles. The normalized spacial score (nSPS) is 21.0. The van der Waals surface area contributed by atoms with Crippen molar-refractivity contribution in [3.8, 4) is 0 Å². The van der Waals surface area contributed by atoms with Gasteiger partial charge in [0.15, 0.2) is 0 Å². The van der Waals surface area contributed by atoms with Crippen LogP contribution in [0.25, 0.3) is 0 Å². The van der Waals surface area contributed by atoms with Gasteiger partial charge < -0.3 is 10.0 Å². The fourth-order valence-electron chi connectivity index (χ4n) is 2.68. The van der Waals surface area contributed by atoms with Crippen molar-refractivity contribution in [1.82, 2.24) is 4.90 Å². The molecule has 0 bridgehead atoms. The molecular weight excluding hydrogens is 265 g/mol. The Kier molecular flexibility index (Phi) is 5.50. The molecular formula is C16H22BNOS. The molecule has 0 amide bonds. The molecule has 0 aliphatic carbocycles. The molecule has 20 heavy (non-hydrogen) atoms. The van der Waals surface area contributed by atoms with Crippen molar-refractivity contribution in [2.45, 2.75) is 51.1 Å². The van der Waals surface area contributed by atoms with Crippen LogP contribution in [-0.2, 0) is 6.42 Å². The Labute approximate surface area is 127 Å². The number of aryl methyl sites for hydroxylation is 2. The summed E-state index contributed by atoms with van der Waals surface area (Å²) in [6.07, 6.45) is 9.18. The van der Waals surface area contributed by atoms with Gasteiger partial charge in [-0.05, 0) is 57.2 Å². The van der Waals surface area contributed by atoms with E-state index in [2.05, 4.69) is 30.5 Å². The number of allylic oxidation sites excluding steroid dienone is 1. The number of nitrogens with zero attached hydrogens (tertiary/aromatic N) is 1. The van der Waals surface area contributed by atoms with Crippen molar-refractivity contribution in [3.05, 3.63) is 46.4 Å². The molecule has 2 nitrogen and oxygen atoms in total. The summed E-state index contributed by atoms with van der Waals surface area (Å²) in [6.45, 7) is 6.24. The Bertz CT molecular complexity index is 481. The molecule has 2 radical (unpaired) electrons. The maximum absolute atomic E-state index is 9.15. The van der Waals surface area contributed by atoms with Gasteiger partial charge in [0.1, 0.15) is 7.85 Å². The number of aliphatic hydroxyl groups is 1. The van der Waals surface area contributed by atoms with Crippen molar-refractivity contribution >= 4 is 19.2 Å². The van der Waals surface area contributed by atoms with Crippen LogP contribution in [0.4, 0.5) is 0 Å². The highest BCUT2D eigenvalue weighted by Gasteiger charge is 2.24. The van der Waals surface area contributed by atoms with E-state index in [1.165, 1.54) is 16.2 Å². The van der Waals surface area contributed by atoms with Crippen LogP contribution in [0, 0.1) is 6.92 Å². The second-order valence-electron chi connectivity index (χ2n) is 5.40. The average Bonchev–Trinajstić information content (AvgIpc) is 2.94. The zero-order valence-electron chi connectivity index (χ0n) is 12.1. The molecule has 2 atom stereocenters. The molecule has 106 valence electrons. The Balaban J connectivity index is 1.83. The van der Waals surface area contributed by atoms with Gasteiger partial charge in [0.05, 0.1) is 0 Å². The van der Waals surface area contributed by atoms with Crippen LogP contribution in [0.3, 0.4) is 0 Å². The molecule has 0 aromatic carbocycles. The van der Waals surface area contributed by atoms with Gasteiger partial charge in [-0.25, -0.2) is 0 Å². The molecule has 1 N–H and O–H groups in total. The summed E-state index contributed by atoms with van der Waals surface area (Å²) in [5.41, 5.74) is 1.12. The lowest BCUT2D eigenvalue weighted by Crippen LogP contribution is -2.23. The predicted octanol–water partition coefficient (Wildman–Crippen LogP) is 3.36. The molecule has 1 saturated heterocycles. The number of rotatable bonds is 6. The first kappa shape index (κ1) is 15.4. The van der Waals surface area contributed by atoms with E-state index in [1.54, 1.807) is 6.08 Å². The zero-order chi connectivity index (χ0) is 14.5. The van der Waals surface area contributed by atoms with Crippen LogP contribution in [0.5, 0.6) is 0 Å². The maximum Gasteiger partial charge on any atom is 0.114 e. The van der Waals surface area contributed by atoms with E-state index in [0.29, 0.717) is 6.04 Å². The van der Waals surface area contributed by atoms with Crippen LogP contribution in [-0.4, -0.2) is 29.9 Å². The minimum atomic E-state index is -0.891. The molecule has 1 aliphatic rings. The highest BCUT2D eigenvalue weighted by molar-refractivity contribution is 7.11. The van der Waals surface area contributed by atoms with E-state index in [1.807, 2.05) is 17.5 Å². The highest BCUT2D eigenvalue weighted by Crippen LogP contribution is 2.30. The number of hydrogen-bond acceptors (Lipinski definition) is 3. The van der Waals surface area contributed by atoms with Gasteiger partial charge in [-0.1, -0.05) is 6.58 Å². The third-order valence-corrected chi connectivity index (χ3v) is 4.79. The second-order valence-corrected chi connectivity index (χ2v) is 6.78. The first-order valence-corrected chi connectivity index (χ1v) is 8.01. The van der Waals surface area contributed by atoms with Gasteiger partial charge in [-0.3, -0.25) is 0 Å². The highest BCUT2D eigenvalue weighted by atomic mass is 32.1. The van der Waals surface area contributed by atoms with E-state index in [-0.39, 0.29) is 0 Å². The molecule has 0 spiro atoms. The van der Waals surface area contributed by atoms with Crippen LogP contribution in [0.1, 0.15) is 35.4 Å². The van der Waals surface area contributed by atoms with E-state index < -0.39 is 6.00 Å². The van der Waals surface area contributed by atoms with Gasteiger partial charge in [0, 0.05) is 33.7 Å². The SMILES string of the molecule is [B]C(O)/C=C/N1C(=C)CCC1CCCc1ccc(C)s1. The molecule has 1 aliphatic heterocycles. The van der Waals surface area contributed by atoms with Crippen molar-refractivity contribution in [3.63, 3.8) is 0 Å². The fraction of sp³-hybridized carbons (Fsp3) is 0.500. The summed E-state index contributed by atoms with van der Waals surface area (Å²) in [5, 5.41) is 9.15. The lowest BCUT2D eigenvalue weighted by atomic mass is 10.0. The quantitative estimate of drug-likeness (QED) is 0.811. The molecule has 2 unspecified atom stereocenters. The van der Waals surface area contributed by atoms with Crippen molar-refractivity contribution < 1.29 is 5.11 Å². The lowest BCUT2D eigenvalue weighted by Gasteiger charge is -2.24. The first-order valence-electron chi connectivity index (χ1n) is 7.19. The van der Waals surface area contributed by atoms with Gasteiger partial charge in [-0.2, -0.15) is 0 Å². The Hall–Kier alpha value is -0.995. The smallest absolute Gasteiger partial charge is 0.114 e. The third-order valence-electron chi connectivity index (χ3n) is 3.73. The lowest BCUT2D eigenvalue weighted by molar-refractivity contribution is 0.296. The number of likely N-dealkylation sites (tertiary alicyclic amines) is 1. The largest absolute Gasteiger partial charge is 0.399 e. The first-order chi connectivity index (χ1) is 9.56. The minimum absolute atomic E-state index is 0.499. The fourth-order valence-corrected chi connectivity index (χ4v) is 3.61. The summed E-state index contributed by atoms with van der Waals surface area (Å²) < 4.78 is 0. The molecule has 1 aromatic rings. The maximum atomic E-state index is 9.15. The van der Waals surface area contributed by atoms with E-state index in [4.69, 9.17) is 13.0 Å².